The lowest BCUT2D eigenvalue weighted by Gasteiger charge is -2.40. The highest BCUT2D eigenvalue weighted by Gasteiger charge is 2.43. The highest BCUT2D eigenvalue weighted by Crippen LogP contribution is 2.43. The molecule has 250 valence electrons. The van der Waals surface area contributed by atoms with Crippen molar-refractivity contribution in [1.29, 1.82) is 0 Å². The summed E-state index contributed by atoms with van der Waals surface area (Å²) in [5, 5.41) is 4.18. The van der Waals surface area contributed by atoms with E-state index in [0.717, 1.165) is 53.9 Å². The topological polar surface area (TPSA) is 60.8 Å². The number of aromatic nitrogens is 1. The van der Waals surface area contributed by atoms with Gasteiger partial charge in [-0.15, -0.1) is 0 Å². The summed E-state index contributed by atoms with van der Waals surface area (Å²) in [6.45, 7) is 5.52. The van der Waals surface area contributed by atoms with Gasteiger partial charge in [0, 0.05) is 72.8 Å². The molecule has 50 heavy (non-hydrogen) atoms. The van der Waals surface area contributed by atoms with Crippen LogP contribution in [0.2, 0.25) is 0 Å². The van der Waals surface area contributed by atoms with Crippen LogP contribution < -0.4 is 10.2 Å². The maximum atomic E-state index is 13.9. The normalized spacial score (nSPS) is 16.9. The van der Waals surface area contributed by atoms with Gasteiger partial charge in [-0.1, -0.05) is 97.1 Å². The summed E-state index contributed by atoms with van der Waals surface area (Å²) in [6, 6.07) is 44.7. The van der Waals surface area contributed by atoms with Crippen LogP contribution in [0.5, 0.6) is 0 Å². The first-order valence-electron chi connectivity index (χ1n) is 17.4. The van der Waals surface area contributed by atoms with Gasteiger partial charge in [0.1, 0.15) is 6.04 Å². The van der Waals surface area contributed by atoms with E-state index in [1.165, 1.54) is 11.1 Å². The van der Waals surface area contributed by atoms with E-state index in [0.29, 0.717) is 11.3 Å². The van der Waals surface area contributed by atoms with Crippen molar-refractivity contribution in [3.05, 3.63) is 167 Å². The van der Waals surface area contributed by atoms with E-state index < -0.39 is 6.04 Å². The van der Waals surface area contributed by atoms with Gasteiger partial charge in [-0.2, -0.15) is 0 Å². The van der Waals surface area contributed by atoms with E-state index in [-0.39, 0.29) is 23.9 Å². The molecule has 2 unspecified atom stereocenters. The van der Waals surface area contributed by atoms with Gasteiger partial charge in [0.05, 0.1) is 12.1 Å². The summed E-state index contributed by atoms with van der Waals surface area (Å²) in [5.41, 5.74) is 8.14. The van der Waals surface area contributed by atoms with Crippen LogP contribution in [0.15, 0.2) is 140 Å². The van der Waals surface area contributed by atoms with E-state index in [2.05, 4.69) is 111 Å². The maximum Gasteiger partial charge on any atom is 0.255 e. The lowest BCUT2D eigenvalue weighted by atomic mass is 9.96. The highest BCUT2D eigenvalue weighted by molar-refractivity contribution is 6.05. The molecule has 0 aliphatic carbocycles. The molecule has 1 N–H and O–H groups in total. The Morgan fingerprint density at radius 1 is 0.700 bits per heavy atom. The molecule has 2 amide bonds. The number of hydrogen-bond acceptors (Lipinski definition) is 4. The molecule has 2 aliphatic rings. The lowest BCUT2D eigenvalue weighted by molar-refractivity contribution is -0.120. The standard InChI is InChI=1S/C43H41N5O2/c1-30(48-41(36-18-9-10-19-37(36)43(48)50)38-29-45(2)39-20-12-11-17-35(38)39)42(49)44-33-21-23-34(24-22-33)46-25-27-47(28-26-46)40(31-13-5-3-6-14-31)32-15-7-4-8-16-32/h3-24,29-30,40-41H,25-28H2,1-2H3,(H,44,49). The zero-order valence-electron chi connectivity index (χ0n) is 28.4. The zero-order valence-corrected chi connectivity index (χ0v) is 28.4. The largest absolute Gasteiger partial charge is 0.369 e. The number of para-hydroxylation sites is 1. The van der Waals surface area contributed by atoms with Crippen LogP contribution in [0.25, 0.3) is 10.9 Å². The molecule has 2 aliphatic heterocycles. The minimum Gasteiger partial charge on any atom is -0.369 e. The molecular weight excluding hydrogens is 619 g/mol. The Morgan fingerprint density at radius 2 is 1.30 bits per heavy atom. The third-order valence-electron chi connectivity index (χ3n) is 10.4. The molecule has 5 aromatic carbocycles. The highest BCUT2D eigenvalue weighted by atomic mass is 16.2. The summed E-state index contributed by atoms with van der Waals surface area (Å²) in [6.07, 6.45) is 2.09. The molecule has 8 rings (SSSR count). The van der Waals surface area contributed by atoms with Crippen LogP contribution in [0.3, 0.4) is 0 Å². The summed E-state index contributed by atoms with van der Waals surface area (Å²) in [4.78, 5) is 34.5. The molecule has 0 bridgehead atoms. The summed E-state index contributed by atoms with van der Waals surface area (Å²) < 4.78 is 2.09. The summed E-state index contributed by atoms with van der Waals surface area (Å²) in [5.74, 6) is -0.344. The van der Waals surface area contributed by atoms with E-state index in [1.54, 1.807) is 4.90 Å². The number of nitrogens with one attached hydrogen (secondary N) is 1. The molecule has 7 nitrogen and oxygen atoms in total. The van der Waals surface area contributed by atoms with Gasteiger partial charge in [-0.3, -0.25) is 14.5 Å². The SMILES string of the molecule is CC(C(=O)Nc1ccc(N2CCN(C(c3ccccc3)c3ccccc3)CC2)cc1)N1C(=O)c2ccccc2C1c1cn(C)c2ccccc12. The second-order valence-corrected chi connectivity index (χ2v) is 13.4. The molecule has 0 saturated carbocycles. The van der Waals surface area contributed by atoms with E-state index in [4.69, 9.17) is 0 Å². The Balaban J connectivity index is 0.964. The number of piperazine rings is 1. The molecule has 1 fully saturated rings. The molecule has 2 atom stereocenters. The van der Waals surface area contributed by atoms with Gasteiger partial charge in [0.15, 0.2) is 0 Å². The number of anilines is 2. The van der Waals surface area contributed by atoms with Crippen LogP contribution in [0.1, 0.15) is 51.6 Å². The predicted molar refractivity (Wildman–Crippen MR) is 200 cm³/mol. The molecule has 1 aromatic heterocycles. The summed E-state index contributed by atoms with van der Waals surface area (Å²) >= 11 is 0. The van der Waals surface area contributed by atoms with Crippen LogP contribution in [0.4, 0.5) is 11.4 Å². The minimum atomic E-state index is -0.700. The van der Waals surface area contributed by atoms with Gasteiger partial charge < -0.3 is 19.7 Å². The number of hydrogen-bond donors (Lipinski definition) is 1. The van der Waals surface area contributed by atoms with Gasteiger partial charge in [-0.25, -0.2) is 0 Å². The van der Waals surface area contributed by atoms with Gasteiger partial charge in [0.25, 0.3) is 5.91 Å². The fourth-order valence-corrected chi connectivity index (χ4v) is 7.90. The van der Waals surface area contributed by atoms with Crippen LogP contribution >= 0.6 is 0 Å². The van der Waals surface area contributed by atoms with E-state index in [9.17, 15) is 9.59 Å². The molecular formula is C43H41N5O2. The van der Waals surface area contributed by atoms with E-state index >= 15 is 0 Å². The average molecular weight is 660 g/mol. The van der Waals surface area contributed by atoms with Crippen molar-refractivity contribution in [2.24, 2.45) is 7.05 Å². The van der Waals surface area contributed by atoms with Crippen molar-refractivity contribution in [3.63, 3.8) is 0 Å². The molecule has 0 radical (unpaired) electrons. The number of amides is 2. The van der Waals surface area contributed by atoms with Gasteiger partial charge in [-0.05, 0) is 60.0 Å². The molecule has 1 saturated heterocycles. The van der Waals surface area contributed by atoms with Crippen molar-refractivity contribution in [3.8, 4) is 0 Å². The first-order valence-corrected chi connectivity index (χ1v) is 17.4. The predicted octanol–water partition coefficient (Wildman–Crippen LogP) is 7.66. The number of aryl methyl sites for hydroxylation is 1. The van der Waals surface area contributed by atoms with E-state index in [1.807, 2.05) is 62.5 Å². The Labute approximate surface area is 293 Å². The van der Waals surface area contributed by atoms with Gasteiger partial charge >= 0.3 is 0 Å². The van der Waals surface area contributed by atoms with Crippen molar-refractivity contribution >= 4 is 34.1 Å². The Bertz CT molecular complexity index is 2100. The third kappa shape index (κ3) is 5.73. The number of carbonyl (C=O) groups is 2. The Morgan fingerprint density at radius 3 is 1.98 bits per heavy atom. The van der Waals surface area contributed by atoms with Crippen LogP contribution in [-0.2, 0) is 11.8 Å². The van der Waals surface area contributed by atoms with Crippen LogP contribution in [-0.4, -0.2) is 58.4 Å². The molecule has 3 heterocycles. The molecule has 0 spiro atoms. The van der Waals surface area contributed by atoms with Crippen molar-refractivity contribution in [2.75, 3.05) is 36.4 Å². The van der Waals surface area contributed by atoms with Crippen molar-refractivity contribution in [1.82, 2.24) is 14.4 Å². The quantitative estimate of drug-likeness (QED) is 0.182. The van der Waals surface area contributed by atoms with Gasteiger partial charge in [0.2, 0.25) is 5.91 Å². The Kier molecular flexibility index (Phi) is 8.43. The monoisotopic (exact) mass is 659 g/mol. The number of rotatable bonds is 8. The zero-order chi connectivity index (χ0) is 34.2. The second-order valence-electron chi connectivity index (χ2n) is 13.4. The lowest BCUT2D eigenvalue weighted by Crippen LogP contribution is -2.48. The first-order chi connectivity index (χ1) is 24.5. The third-order valence-corrected chi connectivity index (χ3v) is 10.4. The summed E-state index contributed by atoms with van der Waals surface area (Å²) in [7, 11) is 2.02. The fourth-order valence-electron chi connectivity index (χ4n) is 7.90. The van der Waals surface area contributed by atoms with Crippen molar-refractivity contribution < 1.29 is 9.59 Å². The minimum absolute atomic E-state index is 0.127. The second kappa shape index (κ2) is 13.3. The Hall–Kier alpha value is -5.66. The smallest absolute Gasteiger partial charge is 0.255 e. The van der Waals surface area contributed by atoms with Crippen LogP contribution in [0, 0.1) is 0 Å². The maximum absolute atomic E-state index is 13.9. The molecule has 7 heteroatoms. The number of benzene rings is 5. The molecule has 6 aromatic rings. The number of fused-ring (bicyclic) bond motifs is 2. The number of carbonyl (C=O) groups excluding carboxylic acids is 2. The average Bonchev–Trinajstić information content (AvgIpc) is 3.65. The van der Waals surface area contributed by atoms with Crippen molar-refractivity contribution in [2.45, 2.75) is 25.0 Å². The fraction of sp³-hybridized carbons (Fsp3) is 0.209. The number of nitrogens with zero attached hydrogens (tertiary/aromatic N) is 4. The first kappa shape index (κ1) is 31.6.